The Hall–Kier alpha value is -2.57. The molecule has 3 aliphatic rings. The minimum absolute atomic E-state index is 0.201. The molecule has 0 bridgehead atoms. The van der Waals surface area contributed by atoms with Crippen molar-refractivity contribution in [1.29, 1.82) is 0 Å². The highest BCUT2D eigenvalue weighted by Crippen LogP contribution is 2.39. The van der Waals surface area contributed by atoms with Gasteiger partial charge in [-0.15, -0.1) is 0 Å². The van der Waals surface area contributed by atoms with E-state index in [9.17, 15) is 75.7 Å². The van der Waals surface area contributed by atoms with E-state index in [0.29, 0.717) is 12.8 Å². The van der Waals surface area contributed by atoms with Gasteiger partial charge in [0.2, 0.25) is 11.8 Å². The second-order valence-corrected chi connectivity index (χ2v) is 25.0. The van der Waals surface area contributed by atoms with Crippen LogP contribution in [-0.2, 0) is 47.5 Å². The predicted octanol–water partition coefficient (Wildman–Crippen LogP) is 4.21. The summed E-state index contributed by atoms with van der Waals surface area (Å²) in [6.45, 7) is 2.45. The van der Waals surface area contributed by atoms with E-state index in [4.69, 9.17) is 33.2 Å². The Morgan fingerprint density at radius 1 is 0.636 bits per heavy atom. The van der Waals surface area contributed by atoms with E-state index in [1.54, 1.807) is 6.08 Å². The molecule has 0 aromatic heterocycles. The van der Waals surface area contributed by atoms with Crippen LogP contribution >= 0.6 is 0 Å². The molecule has 3 saturated heterocycles. The molecular formula is C64H118N2O22. The van der Waals surface area contributed by atoms with E-state index >= 15 is 0 Å². The number of unbranched alkanes of at least 4 members (excludes halogenated alkanes) is 26. The third-order valence-electron chi connectivity index (χ3n) is 17.3. The highest BCUT2D eigenvalue weighted by molar-refractivity contribution is 5.78. The molecule has 14 N–H and O–H groups in total. The van der Waals surface area contributed by atoms with Gasteiger partial charge in [0.15, 0.2) is 12.6 Å². The first kappa shape index (κ1) is 79.7. The fourth-order valence-electron chi connectivity index (χ4n) is 11.8. The number of hydrogen-bond donors (Lipinski definition) is 14. The molecule has 88 heavy (non-hydrogen) atoms. The average molecular weight is 1270 g/mol. The van der Waals surface area contributed by atoms with Crippen molar-refractivity contribution in [3.8, 4) is 0 Å². The second kappa shape index (κ2) is 45.7. The zero-order valence-electron chi connectivity index (χ0n) is 53.5. The van der Waals surface area contributed by atoms with Crippen LogP contribution < -0.4 is 10.6 Å². The monoisotopic (exact) mass is 1270 g/mol. The van der Waals surface area contributed by atoms with Crippen molar-refractivity contribution < 1.29 is 109 Å². The normalized spacial score (nSPS) is 29.1. The minimum Gasteiger partial charge on any atom is -0.477 e. The molecule has 3 fully saturated rings. The SMILES string of the molecule is CCCCCCCCCCCCCCCCCCCCCC(=O)NC(CO[C@@H]1O[C@H](CO)[C@@H](O[C@H]2O[C@H](CO)[C@H](O)[C@H](O[C@]3(C(=O)O)C[C@H](O)[C@@H](NC(=O)CO)[C@H]([C@@H](O)[C@@H](CO)OC)O3)[C@H]2O)[C@H](O)[C@H]1O)C(O)/C=C/CCCCCCCCCCC(C)C. The van der Waals surface area contributed by atoms with Gasteiger partial charge in [-0.05, 0) is 25.2 Å². The number of carbonyl (C=O) groups excluding carboxylic acids is 2. The van der Waals surface area contributed by atoms with Gasteiger partial charge in [-0.2, -0.15) is 0 Å². The lowest BCUT2D eigenvalue weighted by atomic mass is 9.88. The molecule has 24 heteroatoms. The second-order valence-electron chi connectivity index (χ2n) is 25.0. The van der Waals surface area contributed by atoms with Crippen LogP contribution in [0.4, 0.5) is 0 Å². The lowest BCUT2D eigenvalue weighted by molar-refractivity contribution is -0.386. The number of aliphatic hydroxyl groups is 11. The van der Waals surface area contributed by atoms with Gasteiger partial charge in [0.25, 0.3) is 5.79 Å². The molecule has 2 unspecified atom stereocenters. The standard InChI is InChI=1S/C64H118N2O22/c1-5-6-7-8-9-10-11-12-13-14-15-16-17-18-19-24-27-30-33-36-50(73)65-44(45(71)35-32-29-26-23-21-20-22-25-28-31-34-43(2)3)42-83-61-56(78)55(77)58(49(40-69)85-61)86-62-57(79)60(54(76)48(39-68)84-62)88-64(63(80)81)37-46(72)52(66-51(74)41-70)59(87-64)53(75)47(38-67)82-4/h32,35,43-49,52-62,67-72,75-79H,5-31,33-34,36-42H2,1-4H3,(H,65,73)(H,66,74)(H,80,81)/b35-32+/t44?,45?,46-,47+,48+,49+,52+,53-,54-,55+,56+,57+,58+,59+,60-,61+,62+,64-/m0/s1. The molecular weight excluding hydrogens is 1150 g/mol. The molecule has 18 atom stereocenters. The Kier molecular flexibility index (Phi) is 41.4. The van der Waals surface area contributed by atoms with E-state index in [-0.39, 0.29) is 12.3 Å². The van der Waals surface area contributed by atoms with Crippen molar-refractivity contribution >= 4 is 17.8 Å². The Bertz CT molecular complexity index is 1850. The number of ether oxygens (including phenoxy) is 7. The van der Waals surface area contributed by atoms with Crippen LogP contribution in [0.25, 0.3) is 0 Å². The number of nitrogens with one attached hydrogen (secondary N) is 2. The maximum atomic E-state index is 13.4. The summed E-state index contributed by atoms with van der Waals surface area (Å²) in [6, 6.07) is -2.69. The highest BCUT2D eigenvalue weighted by atomic mass is 16.8. The third kappa shape index (κ3) is 28.3. The molecule has 0 aliphatic carbocycles. The Balaban J connectivity index is 1.64. The Morgan fingerprint density at radius 3 is 1.66 bits per heavy atom. The van der Waals surface area contributed by atoms with Crippen LogP contribution in [0.15, 0.2) is 12.2 Å². The van der Waals surface area contributed by atoms with Gasteiger partial charge < -0.3 is 105 Å². The van der Waals surface area contributed by atoms with Gasteiger partial charge in [-0.1, -0.05) is 200 Å². The van der Waals surface area contributed by atoms with E-state index < -0.39 is 161 Å². The summed E-state index contributed by atoms with van der Waals surface area (Å²) >= 11 is 0. The lowest BCUT2D eigenvalue weighted by Crippen LogP contribution is -2.71. The first-order chi connectivity index (χ1) is 42.3. The molecule has 3 rings (SSSR count). The number of hydrogen-bond acceptors (Lipinski definition) is 21. The largest absolute Gasteiger partial charge is 0.477 e. The lowest BCUT2D eigenvalue weighted by Gasteiger charge is -2.50. The molecule has 3 heterocycles. The van der Waals surface area contributed by atoms with Crippen molar-refractivity contribution in [2.24, 2.45) is 5.92 Å². The Labute approximate surface area is 523 Å². The number of amides is 2. The highest BCUT2D eigenvalue weighted by Gasteiger charge is 2.60. The van der Waals surface area contributed by atoms with Gasteiger partial charge in [0.1, 0.15) is 73.8 Å². The Morgan fingerprint density at radius 2 is 1.16 bits per heavy atom. The van der Waals surface area contributed by atoms with Gasteiger partial charge >= 0.3 is 5.97 Å². The van der Waals surface area contributed by atoms with E-state index in [1.807, 2.05) is 6.08 Å². The number of methoxy groups -OCH3 is 1. The van der Waals surface area contributed by atoms with Crippen LogP contribution in [0.3, 0.4) is 0 Å². The molecule has 0 aromatic rings. The number of aliphatic carboxylic acids is 1. The smallest absolute Gasteiger partial charge is 0.364 e. The minimum atomic E-state index is -3.09. The first-order valence-corrected chi connectivity index (χ1v) is 33.5. The van der Waals surface area contributed by atoms with Crippen LogP contribution in [-0.4, -0.2) is 229 Å². The first-order valence-electron chi connectivity index (χ1n) is 33.5. The maximum Gasteiger partial charge on any atom is 0.364 e. The number of carboxylic acid groups (broad SMARTS) is 1. The van der Waals surface area contributed by atoms with Crippen molar-refractivity contribution in [2.45, 2.75) is 330 Å². The van der Waals surface area contributed by atoms with E-state index in [0.717, 1.165) is 58.0 Å². The summed E-state index contributed by atoms with van der Waals surface area (Å²) in [7, 11) is 1.09. The summed E-state index contributed by atoms with van der Waals surface area (Å²) in [5.41, 5.74) is 0. The van der Waals surface area contributed by atoms with Crippen LogP contribution in [0, 0.1) is 5.92 Å². The van der Waals surface area contributed by atoms with Gasteiger partial charge in [0, 0.05) is 20.0 Å². The average Bonchev–Trinajstić information content (AvgIpc) is 0.826. The fraction of sp³-hybridized carbons (Fsp3) is 0.922. The van der Waals surface area contributed by atoms with Crippen molar-refractivity contribution in [1.82, 2.24) is 10.6 Å². The van der Waals surface area contributed by atoms with Crippen LogP contribution in [0.1, 0.15) is 220 Å². The number of aliphatic hydroxyl groups excluding tert-OH is 11. The molecule has 2 amide bonds. The molecule has 516 valence electrons. The summed E-state index contributed by atoms with van der Waals surface area (Å²) < 4.78 is 40.0. The molecule has 24 nitrogen and oxygen atoms in total. The van der Waals surface area contributed by atoms with Gasteiger partial charge in [0.05, 0.1) is 50.7 Å². The number of rotatable bonds is 50. The van der Waals surface area contributed by atoms with E-state index in [1.165, 1.54) is 128 Å². The van der Waals surface area contributed by atoms with Crippen molar-refractivity contribution in [2.75, 3.05) is 40.1 Å². The summed E-state index contributed by atoms with van der Waals surface area (Å²) in [5.74, 6) is -5.74. The predicted molar refractivity (Wildman–Crippen MR) is 326 cm³/mol. The number of carbonyl (C=O) groups is 3. The summed E-state index contributed by atoms with van der Waals surface area (Å²) in [5, 5.41) is 136. The fourth-order valence-corrected chi connectivity index (χ4v) is 11.8. The molecule has 3 aliphatic heterocycles. The summed E-state index contributed by atoms with van der Waals surface area (Å²) in [4.78, 5) is 38.8. The molecule has 0 aromatic carbocycles. The number of allylic oxidation sites excluding steroid dienone is 1. The molecule has 0 radical (unpaired) electrons. The molecule has 0 saturated carbocycles. The topological polar surface area (TPSA) is 383 Å². The van der Waals surface area contributed by atoms with Crippen LogP contribution in [0.2, 0.25) is 0 Å². The van der Waals surface area contributed by atoms with Crippen LogP contribution in [0.5, 0.6) is 0 Å². The third-order valence-corrected chi connectivity index (χ3v) is 17.3. The maximum absolute atomic E-state index is 13.4. The number of carboxylic acids is 1. The van der Waals surface area contributed by atoms with Crippen molar-refractivity contribution in [3.63, 3.8) is 0 Å². The molecule has 0 spiro atoms. The van der Waals surface area contributed by atoms with Gasteiger partial charge in [-0.25, -0.2) is 4.79 Å². The van der Waals surface area contributed by atoms with Crippen molar-refractivity contribution in [3.05, 3.63) is 12.2 Å². The zero-order chi connectivity index (χ0) is 64.9. The van der Waals surface area contributed by atoms with Gasteiger partial charge in [-0.3, -0.25) is 9.59 Å². The summed E-state index contributed by atoms with van der Waals surface area (Å²) in [6.07, 6.45) is 9.00. The zero-order valence-corrected chi connectivity index (χ0v) is 53.5. The quantitative estimate of drug-likeness (QED) is 0.0300. The van der Waals surface area contributed by atoms with E-state index in [2.05, 4.69) is 31.4 Å².